The lowest BCUT2D eigenvalue weighted by atomic mass is 9.57. The zero-order chi connectivity index (χ0) is 32.4. The van der Waals surface area contributed by atoms with Crippen molar-refractivity contribution < 1.29 is 29.0 Å². The molecule has 46 heavy (non-hydrogen) atoms. The van der Waals surface area contributed by atoms with Crippen LogP contribution in [0.15, 0.2) is 72.3 Å². The molecule has 6 atom stereocenters. The second-order valence-electron chi connectivity index (χ2n) is 12.6. The van der Waals surface area contributed by atoms with E-state index in [0.717, 1.165) is 35.1 Å². The molecule has 7 rings (SSSR count). The average Bonchev–Trinajstić information content (AvgIpc) is 3.48. The van der Waals surface area contributed by atoms with Crippen LogP contribution in [0.2, 0.25) is 0 Å². The van der Waals surface area contributed by atoms with Crippen molar-refractivity contribution in [3.63, 3.8) is 0 Å². The number of methoxy groups -OCH3 is 1. The molecule has 3 fully saturated rings. The fraction of sp³-hybridized carbons (Fsp3) is 0.351. The van der Waals surface area contributed by atoms with E-state index in [1.54, 1.807) is 6.07 Å². The van der Waals surface area contributed by atoms with Gasteiger partial charge in [-0.3, -0.25) is 29.0 Å². The van der Waals surface area contributed by atoms with Crippen molar-refractivity contribution in [2.75, 3.05) is 16.9 Å². The summed E-state index contributed by atoms with van der Waals surface area (Å²) >= 11 is 2.04. The first-order chi connectivity index (χ1) is 22.2. The number of hydrogen-bond donors (Lipinski definition) is 1. The first-order valence-electron chi connectivity index (χ1n) is 15.9. The molecule has 236 valence electrons. The van der Waals surface area contributed by atoms with E-state index in [1.807, 2.05) is 90.2 Å². The number of aryl methyl sites for hydroxylation is 2. The zero-order valence-electron chi connectivity index (χ0n) is 25.9. The normalized spacial score (nSPS) is 27.0. The number of carbonyl (C=O) groups excluding carboxylic acids is 4. The molecule has 8 nitrogen and oxygen atoms in total. The lowest BCUT2D eigenvalue weighted by Gasteiger charge is -2.44. The van der Waals surface area contributed by atoms with Crippen molar-refractivity contribution in [2.24, 2.45) is 29.6 Å². The fourth-order valence-electron chi connectivity index (χ4n) is 8.16. The van der Waals surface area contributed by atoms with E-state index in [1.165, 1.54) is 16.9 Å². The van der Waals surface area contributed by atoms with Gasteiger partial charge in [-0.2, -0.15) is 0 Å². The molecule has 2 aliphatic carbocycles. The molecule has 3 aromatic rings. The number of phenols is 1. The number of ether oxygens (including phenoxy) is 1. The van der Waals surface area contributed by atoms with Crippen molar-refractivity contribution in [2.45, 2.75) is 45.4 Å². The number of halogens is 1. The Kier molecular flexibility index (Phi) is 7.77. The van der Waals surface area contributed by atoms with Gasteiger partial charge in [0.15, 0.2) is 11.5 Å². The number of fused-ring (bicyclic) bond motifs is 4. The topological polar surface area (TPSA) is 104 Å². The first kappa shape index (κ1) is 30.7. The van der Waals surface area contributed by atoms with Crippen LogP contribution in [-0.2, 0) is 32.0 Å². The maximum atomic E-state index is 14.4. The number of carbonyl (C=O) groups is 4. The molecular weight excluding hydrogens is 695 g/mol. The molecule has 3 aromatic carbocycles. The fourth-order valence-corrected chi connectivity index (χ4v) is 8.79. The van der Waals surface area contributed by atoms with Crippen molar-refractivity contribution in [1.82, 2.24) is 0 Å². The molecule has 4 aliphatic rings. The molecule has 9 heteroatoms. The highest BCUT2D eigenvalue weighted by molar-refractivity contribution is 14.1. The number of amides is 4. The standard InChI is InChI=1S/C37H35IN2O6/c1-4-19-6-10-22(11-7-19)39-34(42)25-15-14-24-26(31(25)36(39)44)18-27-32(30(24)21-16-28(38)33(41)29(17-21)46-3)37(45)40(35(27)43)23-12-8-20(5-2)9-13-23/h6-14,16-17,25-27,30-32,41H,4-5,15,18H2,1-3H3/t25-,26+,27+,30-,31-,32+/m0/s1. The van der Waals surface area contributed by atoms with E-state index < -0.39 is 35.5 Å². The predicted molar refractivity (Wildman–Crippen MR) is 182 cm³/mol. The highest BCUT2D eigenvalue weighted by Crippen LogP contribution is 2.59. The molecule has 0 aromatic heterocycles. The maximum absolute atomic E-state index is 14.4. The Balaban J connectivity index is 1.33. The number of nitrogens with zero attached hydrogens (tertiary/aromatic N) is 2. The van der Waals surface area contributed by atoms with Gasteiger partial charge >= 0.3 is 0 Å². The van der Waals surface area contributed by atoms with Crippen molar-refractivity contribution in [3.8, 4) is 11.5 Å². The summed E-state index contributed by atoms with van der Waals surface area (Å²) < 4.78 is 6.06. The van der Waals surface area contributed by atoms with Gasteiger partial charge in [-0.05, 0) is 107 Å². The molecule has 2 saturated heterocycles. The second kappa shape index (κ2) is 11.7. The Labute approximate surface area is 281 Å². The minimum atomic E-state index is -0.702. The van der Waals surface area contributed by atoms with Crippen LogP contribution in [0.1, 0.15) is 49.3 Å². The quantitative estimate of drug-likeness (QED) is 0.185. The largest absolute Gasteiger partial charge is 0.504 e. The van der Waals surface area contributed by atoms with Crippen LogP contribution < -0.4 is 14.5 Å². The Morgan fingerprint density at radius 1 is 0.761 bits per heavy atom. The number of phenolic OH excluding ortho intramolecular Hbond substituents is 1. The van der Waals surface area contributed by atoms with Gasteiger partial charge in [-0.25, -0.2) is 0 Å². The van der Waals surface area contributed by atoms with Crippen LogP contribution in [0.4, 0.5) is 11.4 Å². The number of aromatic hydroxyl groups is 1. The minimum Gasteiger partial charge on any atom is -0.504 e. The summed E-state index contributed by atoms with van der Waals surface area (Å²) in [7, 11) is 1.47. The van der Waals surface area contributed by atoms with Crippen LogP contribution in [0, 0.1) is 33.2 Å². The molecule has 1 saturated carbocycles. The Hall–Kier alpha value is -3.99. The van der Waals surface area contributed by atoms with Crippen LogP contribution in [0.5, 0.6) is 11.5 Å². The van der Waals surface area contributed by atoms with E-state index in [2.05, 4.69) is 6.92 Å². The molecule has 2 aliphatic heterocycles. The van der Waals surface area contributed by atoms with Gasteiger partial charge in [0.1, 0.15) is 0 Å². The van der Waals surface area contributed by atoms with Gasteiger partial charge in [0, 0.05) is 5.92 Å². The van der Waals surface area contributed by atoms with Gasteiger partial charge in [-0.15, -0.1) is 0 Å². The molecular formula is C37H35IN2O6. The second-order valence-corrected chi connectivity index (χ2v) is 13.8. The monoisotopic (exact) mass is 730 g/mol. The molecule has 1 N–H and O–H groups in total. The number of imide groups is 2. The maximum Gasteiger partial charge on any atom is 0.238 e. The summed E-state index contributed by atoms with van der Waals surface area (Å²) in [6.45, 7) is 4.10. The van der Waals surface area contributed by atoms with E-state index in [9.17, 15) is 24.3 Å². The Bertz CT molecular complexity index is 1800. The molecule has 0 radical (unpaired) electrons. The summed E-state index contributed by atoms with van der Waals surface area (Å²) in [6, 6.07) is 18.6. The lowest BCUT2D eigenvalue weighted by Crippen LogP contribution is -2.43. The predicted octanol–water partition coefficient (Wildman–Crippen LogP) is 6.18. The summed E-state index contributed by atoms with van der Waals surface area (Å²) in [5.74, 6) is -4.26. The van der Waals surface area contributed by atoms with Gasteiger partial charge in [-0.1, -0.05) is 49.8 Å². The molecule has 0 spiro atoms. The lowest BCUT2D eigenvalue weighted by molar-refractivity contribution is -0.126. The molecule has 2 heterocycles. The number of rotatable bonds is 6. The summed E-state index contributed by atoms with van der Waals surface area (Å²) in [5, 5.41) is 10.7. The highest BCUT2D eigenvalue weighted by Gasteiger charge is 2.62. The van der Waals surface area contributed by atoms with Crippen LogP contribution in [0.25, 0.3) is 0 Å². The number of benzene rings is 3. The Morgan fingerprint density at radius 2 is 1.30 bits per heavy atom. The third-order valence-electron chi connectivity index (χ3n) is 10.5. The van der Waals surface area contributed by atoms with Gasteiger partial charge in [0.25, 0.3) is 0 Å². The Morgan fingerprint density at radius 3 is 1.85 bits per heavy atom. The third kappa shape index (κ3) is 4.60. The van der Waals surface area contributed by atoms with Crippen LogP contribution in [0.3, 0.4) is 0 Å². The SMILES string of the molecule is CCc1ccc(N2C(=O)[C@H]3[C@H](CC=C4[C@H]3C[C@H]3C(=O)N(c5ccc(CC)cc5)C(=O)[C@H]3[C@H]4c3cc(I)c(O)c(OC)c3)C2=O)cc1. The van der Waals surface area contributed by atoms with Crippen LogP contribution >= 0.6 is 22.6 Å². The first-order valence-corrected chi connectivity index (χ1v) is 17.0. The van der Waals surface area contributed by atoms with E-state index >= 15 is 0 Å². The van der Waals surface area contributed by atoms with Crippen molar-refractivity contribution in [1.29, 1.82) is 0 Å². The third-order valence-corrected chi connectivity index (χ3v) is 11.3. The average molecular weight is 731 g/mol. The summed E-state index contributed by atoms with van der Waals surface area (Å²) in [6.07, 6.45) is 4.39. The summed E-state index contributed by atoms with van der Waals surface area (Å²) in [5.41, 5.74) is 4.94. The summed E-state index contributed by atoms with van der Waals surface area (Å²) in [4.78, 5) is 59.3. The number of anilines is 2. The van der Waals surface area contributed by atoms with E-state index in [-0.39, 0.29) is 35.1 Å². The van der Waals surface area contributed by atoms with Gasteiger partial charge in [0.2, 0.25) is 23.6 Å². The van der Waals surface area contributed by atoms with E-state index in [4.69, 9.17) is 4.74 Å². The smallest absolute Gasteiger partial charge is 0.238 e. The van der Waals surface area contributed by atoms with Gasteiger partial charge in [0.05, 0.1) is 45.7 Å². The van der Waals surface area contributed by atoms with Gasteiger partial charge < -0.3 is 9.84 Å². The molecule has 4 amide bonds. The molecule has 0 bridgehead atoms. The van der Waals surface area contributed by atoms with Crippen LogP contribution in [-0.4, -0.2) is 35.8 Å². The highest BCUT2D eigenvalue weighted by atomic mass is 127. The minimum absolute atomic E-state index is 0.00112. The number of hydrogen-bond acceptors (Lipinski definition) is 6. The molecule has 0 unspecified atom stereocenters. The zero-order valence-corrected chi connectivity index (χ0v) is 28.1. The van der Waals surface area contributed by atoms with Crippen molar-refractivity contribution in [3.05, 3.63) is 92.6 Å². The number of allylic oxidation sites excluding steroid dienone is 2. The van der Waals surface area contributed by atoms with E-state index in [0.29, 0.717) is 27.8 Å². The van der Waals surface area contributed by atoms with Crippen molar-refractivity contribution >= 4 is 57.6 Å².